The molecule has 2 aromatic carbocycles. The number of esters is 1. The molecule has 1 amide bonds. The highest BCUT2D eigenvalue weighted by Crippen LogP contribution is 2.31. The van der Waals surface area contributed by atoms with Crippen LogP contribution in [-0.4, -0.2) is 62.0 Å². The molecule has 0 saturated carbocycles. The van der Waals surface area contributed by atoms with Crippen molar-refractivity contribution in [2.45, 2.75) is 19.5 Å². The molecule has 0 bridgehead atoms. The van der Waals surface area contributed by atoms with Gasteiger partial charge >= 0.3 is 12.1 Å². The number of Topliss-reactive ketones (excluding diaryl/α,β-unsaturated/α-hetero) is 1. The van der Waals surface area contributed by atoms with Crippen LogP contribution in [-0.2, 0) is 20.5 Å². The second-order valence-electron chi connectivity index (χ2n) is 7.76. The van der Waals surface area contributed by atoms with Crippen LogP contribution in [0.5, 0.6) is 5.75 Å². The summed E-state index contributed by atoms with van der Waals surface area (Å²) in [4.78, 5) is 38.8. The van der Waals surface area contributed by atoms with Crippen LogP contribution in [0.3, 0.4) is 0 Å². The van der Waals surface area contributed by atoms with Crippen LogP contribution in [0.1, 0.15) is 29.3 Å². The summed E-state index contributed by atoms with van der Waals surface area (Å²) >= 11 is 0. The van der Waals surface area contributed by atoms with E-state index in [1.54, 1.807) is 35.2 Å². The quantitative estimate of drug-likeness (QED) is 0.427. The fraction of sp³-hybridized carbons (Fsp3) is 0.375. The van der Waals surface area contributed by atoms with E-state index in [2.05, 4.69) is 0 Å². The Bertz CT molecular complexity index is 1020. The Hall–Kier alpha value is -3.56. The van der Waals surface area contributed by atoms with Crippen molar-refractivity contribution in [2.24, 2.45) is 0 Å². The molecule has 34 heavy (non-hydrogen) atoms. The lowest BCUT2D eigenvalue weighted by Gasteiger charge is -2.36. The molecule has 2 aromatic rings. The maximum Gasteiger partial charge on any atom is 0.416 e. The Balaban J connectivity index is 1.37. The van der Waals surface area contributed by atoms with Gasteiger partial charge in [0, 0.05) is 37.4 Å². The van der Waals surface area contributed by atoms with Crippen molar-refractivity contribution in [2.75, 3.05) is 44.3 Å². The van der Waals surface area contributed by atoms with Gasteiger partial charge in [-0.1, -0.05) is 6.07 Å². The number of ketones is 1. The summed E-state index contributed by atoms with van der Waals surface area (Å²) in [5.74, 6) is -0.501. The Morgan fingerprint density at radius 3 is 2.26 bits per heavy atom. The molecule has 7 nitrogen and oxygen atoms in total. The number of piperazine rings is 1. The third-order valence-corrected chi connectivity index (χ3v) is 5.36. The van der Waals surface area contributed by atoms with E-state index >= 15 is 0 Å². The average Bonchev–Trinajstić information content (AvgIpc) is 2.82. The van der Waals surface area contributed by atoms with E-state index in [1.807, 2.05) is 0 Å². The average molecular weight is 478 g/mol. The van der Waals surface area contributed by atoms with Crippen molar-refractivity contribution < 1.29 is 37.0 Å². The van der Waals surface area contributed by atoms with E-state index in [-0.39, 0.29) is 24.7 Å². The number of alkyl halides is 3. The second kappa shape index (κ2) is 11.0. The summed E-state index contributed by atoms with van der Waals surface area (Å²) in [6, 6.07) is 11.6. The van der Waals surface area contributed by atoms with E-state index < -0.39 is 24.3 Å². The van der Waals surface area contributed by atoms with Gasteiger partial charge in [-0.3, -0.25) is 14.4 Å². The first-order valence-electron chi connectivity index (χ1n) is 10.7. The normalized spacial score (nSPS) is 14.0. The lowest BCUT2D eigenvalue weighted by Crippen LogP contribution is -2.50. The first-order valence-corrected chi connectivity index (χ1v) is 10.7. The first kappa shape index (κ1) is 25.1. The maximum atomic E-state index is 12.9. The minimum absolute atomic E-state index is 0.0505. The van der Waals surface area contributed by atoms with Crippen LogP contribution in [0.25, 0.3) is 0 Å². The van der Waals surface area contributed by atoms with Gasteiger partial charge in [-0.15, -0.1) is 0 Å². The van der Waals surface area contributed by atoms with Crippen LogP contribution in [0, 0.1) is 0 Å². The number of hydrogen-bond donors (Lipinski definition) is 0. The highest BCUT2D eigenvalue weighted by Gasteiger charge is 2.31. The number of carbonyl (C=O) groups excluding carboxylic acids is 3. The van der Waals surface area contributed by atoms with Crippen LogP contribution in [0.15, 0.2) is 48.5 Å². The van der Waals surface area contributed by atoms with Crippen molar-refractivity contribution >= 4 is 23.3 Å². The van der Waals surface area contributed by atoms with Gasteiger partial charge in [-0.25, -0.2) is 0 Å². The number of rotatable bonds is 8. The fourth-order valence-corrected chi connectivity index (χ4v) is 3.44. The summed E-state index contributed by atoms with van der Waals surface area (Å²) in [6.45, 7) is 2.48. The third kappa shape index (κ3) is 6.97. The zero-order chi connectivity index (χ0) is 24.7. The lowest BCUT2D eigenvalue weighted by molar-refractivity contribution is -0.152. The summed E-state index contributed by atoms with van der Waals surface area (Å²) in [6.07, 6.45) is -4.46. The minimum atomic E-state index is -4.41. The molecule has 0 aromatic heterocycles. The van der Waals surface area contributed by atoms with Crippen molar-refractivity contribution in [3.63, 3.8) is 0 Å². The zero-order valence-electron chi connectivity index (χ0n) is 18.6. The van der Waals surface area contributed by atoms with E-state index in [0.29, 0.717) is 43.2 Å². The predicted octanol–water partition coefficient (Wildman–Crippen LogP) is 3.57. The molecular formula is C24H25F3N2O5. The van der Waals surface area contributed by atoms with Crippen molar-refractivity contribution in [1.29, 1.82) is 0 Å². The highest BCUT2D eigenvalue weighted by molar-refractivity contribution is 5.94. The Morgan fingerprint density at radius 2 is 1.65 bits per heavy atom. The van der Waals surface area contributed by atoms with Gasteiger partial charge < -0.3 is 19.3 Å². The van der Waals surface area contributed by atoms with Crippen LogP contribution >= 0.6 is 0 Å². The van der Waals surface area contributed by atoms with Crippen molar-refractivity contribution in [1.82, 2.24) is 4.90 Å². The number of amides is 1. The molecule has 1 fully saturated rings. The molecule has 182 valence electrons. The van der Waals surface area contributed by atoms with Gasteiger partial charge in [0.25, 0.3) is 5.91 Å². The predicted molar refractivity (Wildman–Crippen MR) is 118 cm³/mol. The van der Waals surface area contributed by atoms with Gasteiger partial charge in [0.15, 0.2) is 12.4 Å². The molecule has 0 N–H and O–H groups in total. The largest absolute Gasteiger partial charge is 0.493 e. The maximum absolute atomic E-state index is 12.9. The third-order valence-electron chi connectivity index (χ3n) is 5.36. The SMILES string of the molecule is CC(=O)c1ccc(OCCC(=O)OCC(=O)N2CCN(c3cccc(C(F)(F)F)c3)CC2)cc1. The summed E-state index contributed by atoms with van der Waals surface area (Å²) in [7, 11) is 0. The molecule has 1 saturated heterocycles. The summed E-state index contributed by atoms with van der Waals surface area (Å²) < 4.78 is 49.2. The number of anilines is 1. The van der Waals surface area contributed by atoms with Crippen molar-refractivity contribution in [3.8, 4) is 5.75 Å². The molecular weight excluding hydrogens is 453 g/mol. The molecule has 0 spiro atoms. The van der Waals surface area contributed by atoms with Gasteiger partial charge in [0.05, 0.1) is 18.6 Å². The number of nitrogens with zero attached hydrogens (tertiary/aromatic N) is 2. The van der Waals surface area contributed by atoms with E-state index in [9.17, 15) is 27.6 Å². The number of hydrogen-bond acceptors (Lipinski definition) is 6. The summed E-state index contributed by atoms with van der Waals surface area (Å²) in [5.41, 5.74) is 0.290. The van der Waals surface area contributed by atoms with Gasteiger partial charge in [0.2, 0.25) is 0 Å². The number of benzene rings is 2. The van der Waals surface area contributed by atoms with Gasteiger partial charge in [0.1, 0.15) is 5.75 Å². The standard InChI is InChI=1S/C24H25F3N2O5/c1-17(30)18-5-7-21(8-6-18)33-14-9-23(32)34-16-22(31)29-12-10-28(11-13-29)20-4-2-3-19(15-20)24(25,26)27/h2-8,15H,9-14,16H2,1H3. The molecule has 3 rings (SSSR count). The van der Waals surface area contributed by atoms with E-state index in [1.165, 1.54) is 17.9 Å². The highest BCUT2D eigenvalue weighted by atomic mass is 19.4. The first-order chi connectivity index (χ1) is 16.1. The number of ether oxygens (including phenoxy) is 2. The van der Waals surface area contributed by atoms with E-state index in [0.717, 1.165) is 12.1 Å². The lowest BCUT2D eigenvalue weighted by atomic mass is 10.1. The van der Waals surface area contributed by atoms with E-state index in [4.69, 9.17) is 9.47 Å². The number of carbonyl (C=O) groups is 3. The number of halogens is 3. The van der Waals surface area contributed by atoms with Crippen LogP contribution in [0.4, 0.5) is 18.9 Å². The minimum Gasteiger partial charge on any atom is -0.493 e. The molecule has 0 aliphatic carbocycles. The molecule has 1 aliphatic rings. The topological polar surface area (TPSA) is 76.2 Å². The monoisotopic (exact) mass is 478 g/mol. The second-order valence-corrected chi connectivity index (χ2v) is 7.76. The molecule has 0 unspecified atom stereocenters. The Morgan fingerprint density at radius 1 is 0.971 bits per heavy atom. The van der Waals surface area contributed by atoms with Gasteiger partial charge in [-0.2, -0.15) is 13.2 Å². The Kier molecular flexibility index (Phi) is 8.14. The van der Waals surface area contributed by atoms with Crippen LogP contribution in [0.2, 0.25) is 0 Å². The molecule has 0 atom stereocenters. The smallest absolute Gasteiger partial charge is 0.416 e. The van der Waals surface area contributed by atoms with Gasteiger partial charge in [-0.05, 0) is 49.4 Å². The summed E-state index contributed by atoms with van der Waals surface area (Å²) in [5, 5.41) is 0. The zero-order valence-corrected chi connectivity index (χ0v) is 18.6. The molecule has 0 radical (unpaired) electrons. The molecule has 1 heterocycles. The molecule has 1 aliphatic heterocycles. The molecule has 10 heteroatoms. The fourth-order valence-electron chi connectivity index (χ4n) is 3.44. The Labute approximate surface area is 195 Å². The van der Waals surface area contributed by atoms with Crippen LogP contribution < -0.4 is 9.64 Å². The van der Waals surface area contributed by atoms with Crippen molar-refractivity contribution in [3.05, 3.63) is 59.7 Å².